The van der Waals surface area contributed by atoms with E-state index in [2.05, 4.69) is 21.8 Å². The number of hydrogen-bond acceptors (Lipinski definition) is 5. The molecular weight excluding hydrogens is 388 g/mol. The maximum atomic E-state index is 12.5. The lowest BCUT2D eigenvalue weighted by Gasteiger charge is -2.33. The first-order valence-electron chi connectivity index (χ1n) is 10.0. The van der Waals surface area contributed by atoms with Gasteiger partial charge in [-0.1, -0.05) is 30.3 Å². The fourth-order valence-corrected chi connectivity index (χ4v) is 4.87. The van der Waals surface area contributed by atoms with Gasteiger partial charge in [0.05, 0.1) is 24.7 Å². The van der Waals surface area contributed by atoms with Crippen LogP contribution < -0.4 is 9.46 Å². The molecule has 0 aliphatic carbocycles. The number of unbranched alkanes of at least 4 members (excludes halogenated alkanes) is 1. The van der Waals surface area contributed by atoms with Crippen LogP contribution in [0.15, 0.2) is 53.4 Å². The summed E-state index contributed by atoms with van der Waals surface area (Å²) >= 11 is 0. The highest BCUT2D eigenvalue weighted by Gasteiger charge is 2.21. The van der Waals surface area contributed by atoms with Crippen molar-refractivity contribution in [2.24, 2.45) is 0 Å². The third-order valence-corrected chi connectivity index (χ3v) is 6.81. The topological polar surface area (TPSA) is 67.9 Å². The van der Waals surface area contributed by atoms with Crippen molar-refractivity contribution in [3.8, 4) is 5.75 Å². The van der Waals surface area contributed by atoms with Crippen molar-refractivity contribution in [3.63, 3.8) is 0 Å². The van der Waals surface area contributed by atoms with Crippen molar-refractivity contribution in [1.82, 2.24) is 9.62 Å². The first kappa shape index (κ1) is 21.8. The predicted octanol–water partition coefficient (Wildman–Crippen LogP) is 3.14. The van der Waals surface area contributed by atoms with E-state index < -0.39 is 10.0 Å². The van der Waals surface area contributed by atoms with Gasteiger partial charge in [0.15, 0.2) is 0 Å². The van der Waals surface area contributed by atoms with Crippen molar-refractivity contribution in [2.45, 2.75) is 30.8 Å². The van der Waals surface area contributed by atoms with Gasteiger partial charge in [-0.25, -0.2) is 13.1 Å². The fraction of sp³-hybridized carbons (Fsp3) is 0.455. The van der Waals surface area contributed by atoms with Crippen LogP contribution in [0.1, 0.15) is 30.1 Å². The Bertz CT molecular complexity index is 887. The molecule has 3 rings (SSSR count). The second-order valence-corrected chi connectivity index (χ2v) is 9.04. The Hall–Kier alpha value is -1.93. The van der Waals surface area contributed by atoms with Crippen molar-refractivity contribution in [2.75, 3.05) is 39.9 Å². The van der Waals surface area contributed by atoms with Crippen LogP contribution in [0.5, 0.6) is 5.75 Å². The van der Waals surface area contributed by atoms with Crippen LogP contribution in [0, 0.1) is 6.92 Å². The van der Waals surface area contributed by atoms with E-state index >= 15 is 0 Å². The summed E-state index contributed by atoms with van der Waals surface area (Å²) in [6.45, 7) is 5.67. The number of hydrogen-bond donors (Lipinski definition) is 1. The van der Waals surface area contributed by atoms with Gasteiger partial charge < -0.3 is 9.47 Å². The Kier molecular flexibility index (Phi) is 7.66. The van der Waals surface area contributed by atoms with E-state index in [0.29, 0.717) is 22.8 Å². The standard InChI is InChI=1S/C22H30N2O4S/c1-18-16-20(27-2)10-11-22(18)29(25,26)23-12-6-7-13-24-14-15-28-21(17-24)19-8-4-3-5-9-19/h3-5,8-11,16,21,23H,6-7,12-15,17H2,1-2H3/t21-/m1/s1. The number of nitrogens with zero attached hydrogens (tertiary/aromatic N) is 1. The number of ether oxygens (including phenoxy) is 2. The van der Waals surface area contributed by atoms with Gasteiger partial charge in [0, 0.05) is 19.6 Å². The second-order valence-electron chi connectivity index (χ2n) is 7.31. The number of benzene rings is 2. The van der Waals surface area contributed by atoms with E-state index in [1.807, 2.05) is 18.2 Å². The molecule has 1 aliphatic heterocycles. The minimum Gasteiger partial charge on any atom is -0.497 e. The van der Waals surface area contributed by atoms with Gasteiger partial charge in [0.25, 0.3) is 0 Å². The van der Waals surface area contributed by atoms with E-state index in [0.717, 1.165) is 39.1 Å². The molecule has 0 bridgehead atoms. The average molecular weight is 419 g/mol. The third-order valence-electron chi connectivity index (χ3n) is 5.19. The number of aryl methyl sites for hydroxylation is 1. The molecule has 1 aliphatic rings. The molecular formula is C22H30N2O4S. The van der Waals surface area contributed by atoms with Crippen molar-refractivity contribution < 1.29 is 17.9 Å². The van der Waals surface area contributed by atoms with E-state index in [4.69, 9.17) is 9.47 Å². The minimum atomic E-state index is -3.51. The molecule has 0 radical (unpaired) electrons. The molecule has 0 amide bonds. The second kappa shape index (κ2) is 10.2. The Morgan fingerprint density at radius 1 is 1.17 bits per heavy atom. The minimum absolute atomic E-state index is 0.113. The largest absolute Gasteiger partial charge is 0.497 e. The molecule has 2 aromatic carbocycles. The molecule has 7 heteroatoms. The van der Waals surface area contributed by atoms with Gasteiger partial charge in [0.2, 0.25) is 10.0 Å². The van der Waals surface area contributed by atoms with Crippen molar-refractivity contribution >= 4 is 10.0 Å². The number of sulfonamides is 1. The summed E-state index contributed by atoms with van der Waals surface area (Å²) < 4.78 is 38.8. The van der Waals surface area contributed by atoms with E-state index in [1.54, 1.807) is 32.2 Å². The van der Waals surface area contributed by atoms with Gasteiger partial charge in [-0.2, -0.15) is 0 Å². The number of rotatable bonds is 9. The summed E-state index contributed by atoms with van der Waals surface area (Å²) in [4.78, 5) is 2.70. The summed E-state index contributed by atoms with van der Waals surface area (Å²) in [5.41, 5.74) is 1.89. The molecule has 0 aromatic heterocycles. The summed E-state index contributed by atoms with van der Waals surface area (Å²) in [7, 11) is -1.94. The van der Waals surface area contributed by atoms with Gasteiger partial charge in [-0.05, 0) is 55.6 Å². The Morgan fingerprint density at radius 2 is 1.97 bits per heavy atom. The Balaban J connectivity index is 1.42. The lowest BCUT2D eigenvalue weighted by atomic mass is 10.1. The first-order chi connectivity index (χ1) is 14.0. The van der Waals surface area contributed by atoms with Gasteiger partial charge in [-0.15, -0.1) is 0 Å². The first-order valence-corrected chi connectivity index (χ1v) is 11.5. The van der Waals surface area contributed by atoms with Crippen LogP contribution in [0.25, 0.3) is 0 Å². The lowest BCUT2D eigenvalue weighted by Crippen LogP contribution is -2.39. The smallest absolute Gasteiger partial charge is 0.240 e. The Morgan fingerprint density at radius 3 is 2.69 bits per heavy atom. The highest BCUT2D eigenvalue weighted by molar-refractivity contribution is 7.89. The molecule has 158 valence electrons. The average Bonchev–Trinajstić information content (AvgIpc) is 2.74. The molecule has 1 fully saturated rings. The van der Waals surface area contributed by atoms with Crippen LogP contribution in [0.2, 0.25) is 0 Å². The zero-order valence-corrected chi connectivity index (χ0v) is 18.0. The van der Waals surface area contributed by atoms with Crippen LogP contribution in [0.3, 0.4) is 0 Å². The van der Waals surface area contributed by atoms with Crippen LogP contribution in [-0.2, 0) is 14.8 Å². The highest BCUT2D eigenvalue weighted by Crippen LogP contribution is 2.22. The summed E-state index contributed by atoms with van der Waals surface area (Å²) in [6, 6.07) is 15.3. The molecule has 0 unspecified atom stereocenters. The molecule has 0 spiro atoms. The predicted molar refractivity (Wildman–Crippen MR) is 114 cm³/mol. The van der Waals surface area contributed by atoms with Crippen LogP contribution in [0.4, 0.5) is 0 Å². The number of nitrogens with one attached hydrogen (secondary N) is 1. The van der Waals surface area contributed by atoms with Crippen molar-refractivity contribution in [3.05, 3.63) is 59.7 Å². The molecule has 1 saturated heterocycles. The van der Waals surface area contributed by atoms with Crippen LogP contribution >= 0.6 is 0 Å². The molecule has 29 heavy (non-hydrogen) atoms. The zero-order chi connectivity index (χ0) is 20.7. The summed E-state index contributed by atoms with van der Waals surface area (Å²) in [6.07, 6.45) is 1.84. The molecule has 1 atom stereocenters. The SMILES string of the molecule is COc1ccc(S(=O)(=O)NCCCCN2CCO[C@@H](c3ccccc3)C2)c(C)c1. The zero-order valence-electron chi connectivity index (χ0n) is 17.1. The lowest BCUT2D eigenvalue weighted by molar-refractivity contribution is -0.0303. The number of morpholine rings is 1. The summed E-state index contributed by atoms with van der Waals surface area (Å²) in [5.74, 6) is 0.653. The van der Waals surface area contributed by atoms with Crippen molar-refractivity contribution in [1.29, 1.82) is 0 Å². The monoisotopic (exact) mass is 418 g/mol. The fourth-order valence-electron chi connectivity index (χ4n) is 3.57. The number of methoxy groups -OCH3 is 1. The van der Waals surface area contributed by atoms with Gasteiger partial charge in [-0.3, -0.25) is 4.90 Å². The third kappa shape index (κ3) is 6.02. The molecule has 1 heterocycles. The Labute approximate surface area is 173 Å². The van der Waals surface area contributed by atoms with E-state index in [1.165, 1.54) is 5.56 Å². The van der Waals surface area contributed by atoms with Crippen LogP contribution in [-0.4, -0.2) is 53.2 Å². The molecule has 2 aromatic rings. The molecule has 1 N–H and O–H groups in total. The highest BCUT2D eigenvalue weighted by atomic mass is 32.2. The van der Waals surface area contributed by atoms with Gasteiger partial charge in [0.1, 0.15) is 5.75 Å². The molecule has 0 saturated carbocycles. The maximum Gasteiger partial charge on any atom is 0.240 e. The maximum absolute atomic E-state index is 12.5. The summed E-state index contributed by atoms with van der Waals surface area (Å²) in [5, 5.41) is 0. The van der Waals surface area contributed by atoms with E-state index in [-0.39, 0.29) is 6.10 Å². The van der Waals surface area contributed by atoms with E-state index in [9.17, 15) is 8.42 Å². The normalized spacial score (nSPS) is 17.9. The van der Waals surface area contributed by atoms with Gasteiger partial charge >= 0.3 is 0 Å². The quantitative estimate of drug-likeness (QED) is 0.634. The molecule has 6 nitrogen and oxygen atoms in total.